The van der Waals surface area contributed by atoms with E-state index in [-0.39, 0.29) is 0 Å². The third-order valence-electron chi connectivity index (χ3n) is 2.59. The van der Waals surface area contributed by atoms with Crippen LogP contribution >= 0.6 is 0 Å². The van der Waals surface area contributed by atoms with Crippen LogP contribution in [0, 0.1) is 17.5 Å². The highest BCUT2D eigenvalue weighted by Gasteiger charge is 2.19. The second kappa shape index (κ2) is 5.68. The monoisotopic (exact) mass is 331 g/mol. The largest absolute Gasteiger partial charge is 0.478 e. The number of halogens is 3. The molecule has 0 amide bonds. The third-order valence-corrected chi connectivity index (χ3v) is 3.97. The van der Waals surface area contributed by atoms with Crippen LogP contribution < -0.4 is 4.72 Å². The van der Waals surface area contributed by atoms with E-state index in [4.69, 9.17) is 5.11 Å². The Bertz CT molecular complexity index is 832. The maximum absolute atomic E-state index is 13.2. The van der Waals surface area contributed by atoms with Gasteiger partial charge in [-0.15, -0.1) is 0 Å². The average Bonchev–Trinajstić information content (AvgIpc) is 2.36. The van der Waals surface area contributed by atoms with E-state index in [2.05, 4.69) is 0 Å². The second-order valence-electron chi connectivity index (χ2n) is 4.21. The van der Waals surface area contributed by atoms with E-state index in [1.807, 2.05) is 4.72 Å². The molecule has 0 radical (unpaired) electrons. The molecule has 0 saturated heterocycles. The Labute approximate surface area is 123 Å². The smallest absolute Gasteiger partial charge is 0.338 e. The zero-order chi connectivity index (χ0) is 16.5. The van der Waals surface area contributed by atoms with Crippen molar-refractivity contribution in [1.82, 2.24) is 0 Å². The summed E-state index contributed by atoms with van der Waals surface area (Å²) >= 11 is 0. The van der Waals surface area contributed by atoms with Crippen LogP contribution in [0.1, 0.15) is 10.4 Å². The summed E-state index contributed by atoms with van der Waals surface area (Å²) in [5.41, 5.74) is -1.23. The van der Waals surface area contributed by atoms with Gasteiger partial charge in [0.1, 0.15) is 17.5 Å². The first-order valence-corrected chi connectivity index (χ1v) is 7.19. The normalized spacial score (nSPS) is 11.2. The molecule has 5 nitrogen and oxygen atoms in total. The van der Waals surface area contributed by atoms with Gasteiger partial charge in [0.05, 0.1) is 16.1 Å². The average molecular weight is 331 g/mol. The van der Waals surface area contributed by atoms with Crippen LogP contribution in [0.15, 0.2) is 41.3 Å². The molecule has 0 unspecified atom stereocenters. The molecule has 2 aromatic rings. The van der Waals surface area contributed by atoms with Crippen molar-refractivity contribution in [1.29, 1.82) is 0 Å². The summed E-state index contributed by atoms with van der Waals surface area (Å²) in [5.74, 6) is -4.75. The van der Waals surface area contributed by atoms with Gasteiger partial charge >= 0.3 is 5.97 Å². The fourth-order valence-electron chi connectivity index (χ4n) is 1.66. The summed E-state index contributed by atoms with van der Waals surface area (Å²) in [6, 6.07) is 4.14. The van der Waals surface area contributed by atoms with E-state index in [0.717, 1.165) is 18.2 Å². The van der Waals surface area contributed by atoms with E-state index in [0.29, 0.717) is 18.2 Å². The van der Waals surface area contributed by atoms with Crippen LogP contribution in [0.3, 0.4) is 0 Å². The lowest BCUT2D eigenvalue weighted by molar-refractivity contribution is 0.0691. The van der Waals surface area contributed by atoms with Crippen molar-refractivity contribution in [3.05, 3.63) is 59.4 Å². The molecule has 0 aliphatic heterocycles. The third kappa shape index (κ3) is 3.37. The Kier molecular flexibility index (Phi) is 4.09. The molecule has 0 aliphatic carbocycles. The van der Waals surface area contributed by atoms with Crippen molar-refractivity contribution >= 4 is 21.7 Å². The molecule has 2 aromatic carbocycles. The highest BCUT2D eigenvalue weighted by molar-refractivity contribution is 7.92. The van der Waals surface area contributed by atoms with Crippen LogP contribution in [-0.4, -0.2) is 19.5 Å². The van der Waals surface area contributed by atoms with Crippen LogP contribution in [0.25, 0.3) is 0 Å². The summed E-state index contributed by atoms with van der Waals surface area (Å²) < 4.78 is 65.3. The summed E-state index contributed by atoms with van der Waals surface area (Å²) in [6.07, 6.45) is 0. The Morgan fingerprint density at radius 2 is 1.59 bits per heavy atom. The first-order chi connectivity index (χ1) is 10.2. The van der Waals surface area contributed by atoms with Crippen LogP contribution in [0.4, 0.5) is 18.9 Å². The number of nitrogens with one attached hydrogen (secondary N) is 1. The molecule has 2 N–H and O–H groups in total. The topological polar surface area (TPSA) is 83.5 Å². The molecule has 0 atom stereocenters. The summed E-state index contributed by atoms with van der Waals surface area (Å²) in [4.78, 5) is 10.2. The van der Waals surface area contributed by atoms with Crippen molar-refractivity contribution in [2.45, 2.75) is 4.90 Å². The Morgan fingerprint density at radius 3 is 2.14 bits per heavy atom. The number of benzene rings is 2. The maximum atomic E-state index is 13.2. The maximum Gasteiger partial charge on any atom is 0.338 e. The molecule has 0 aliphatic rings. The number of rotatable bonds is 4. The summed E-state index contributed by atoms with van der Waals surface area (Å²) in [7, 11) is -4.33. The van der Waals surface area contributed by atoms with Crippen molar-refractivity contribution in [3.63, 3.8) is 0 Å². The Balaban J connectivity index is 2.42. The molecule has 9 heteroatoms. The van der Waals surface area contributed by atoms with Gasteiger partial charge in [0.15, 0.2) is 0 Å². The van der Waals surface area contributed by atoms with E-state index >= 15 is 0 Å². The van der Waals surface area contributed by atoms with Crippen molar-refractivity contribution < 1.29 is 31.5 Å². The zero-order valence-electron chi connectivity index (χ0n) is 10.7. The lowest BCUT2D eigenvalue weighted by Gasteiger charge is -2.09. The van der Waals surface area contributed by atoms with Gasteiger partial charge in [-0.2, -0.15) is 0 Å². The minimum absolute atomic E-state index is 0.390. The number of hydrogen-bond donors (Lipinski definition) is 2. The van der Waals surface area contributed by atoms with E-state index in [1.54, 1.807) is 0 Å². The number of carboxylic acid groups (broad SMARTS) is 1. The highest BCUT2D eigenvalue weighted by atomic mass is 32.2. The van der Waals surface area contributed by atoms with E-state index in [9.17, 15) is 26.4 Å². The van der Waals surface area contributed by atoms with Crippen molar-refractivity contribution in [2.24, 2.45) is 0 Å². The van der Waals surface area contributed by atoms with E-state index in [1.165, 1.54) is 0 Å². The molecular formula is C13H8F3NO4S. The lowest BCUT2D eigenvalue weighted by Crippen LogP contribution is -2.14. The Hall–Kier alpha value is -2.55. The van der Waals surface area contributed by atoms with Crippen molar-refractivity contribution in [3.8, 4) is 0 Å². The molecule has 0 aromatic heterocycles. The minimum atomic E-state index is -4.33. The van der Waals surface area contributed by atoms with Crippen LogP contribution in [0.2, 0.25) is 0 Å². The summed E-state index contributed by atoms with van der Waals surface area (Å²) in [6.45, 7) is 0. The fraction of sp³-hybridized carbons (Fsp3) is 0. The predicted molar refractivity (Wildman–Crippen MR) is 70.5 cm³/mol. The second-order valence-corrected chi connectivity index (χ2v) is 5.89. The molecule has 0 bridgehead atoms. The quantitative estimate of drug-likeness (QED) is 0.902. The Morgan fingerprint density at radius 1 is 1.00 bits per heavy atom. The van der Waals surface area contributed by atoms with Gasteiger partial charge in [-0.1, -0.05) is 0 Å². The van der Waals surface area contributed by atoms with Gasteiger partial charge in [0.2, 0.25) is 0 Å². The number of aromatic carboxylic acids is 1. The molecule has 0 heterocycles. The van der Waals surface area contributed by atoms with Gasteiger partial charge in [0.25, 0.3) is 10.0 Å². The molecule has 22 heavy (non-hydrogen) atoms. The molecule has 116 valence electrons. The van der Waals surface area contributed by atoms with Gasteiger partial charge < -0.3 is 5.11 Å². The molecule has 2 rings (SSSR count). The number of anilines is 1. The van der Waals surface area contributed by atoms with Crippen LogP contribution in [-0.2, 0) is 10.0 Å². The van der Waals surface area contributed by atoms with Crippen LogP contribution in [0.5, 0.6) is 0 Å². The molecular weight excluding hydrogens is 323 g/mol. The predicted octanol–water partition coefficient (Wildman–Crippen LogP) is 2.60. The number of sulfonamides is 1. The van der Waals surface area contributed by atoms with Gasteiger partial charge in [-0.05, 0) is 30.3 Å². The lowest BCUT2D eigenvalue weighted by atomic mass is 10.2. The van der Waals surface area contributed by atoms with Gasteiger partial charge in [-0.3, -0.25) is 4.72 Å². The van der Waals surface area contributed by atoms with E-state index < -0.39 is 49.6 Å². The number of carboxylic acids is 1. The van der Waals surface area contributed by atoms with Gasteiger partial charge in [0, 0.05) is 6.07 Å². The minimum Gasteiger partial charge on any atom is -0.478 e. The first-order valence-electron chi connectivity index (χ1n) is 5.71. The fourth-order valence-corrected chi connectivity index (χ4v) is 2.73. The number of carbonyl (C=O) groups is 1. The highest BCUT2D eigenvalue weighted by Crippen LogP contribution is 2.20. The first kappa shape index (κ1) is 15.8. The zero-order valence-corrected chi connectivity index (χ0v) is 11.5. The SMILES string of the molecule is O=C(O)c1cc(S(=O)(=O)Nc2cc(F)cc(F)c2)ccc1F. The molecule has 0 saturated carbocycles. The van der Waals surface area contributed by atoms with Gasteiger partial charge in [-0.25, -0.2) is 26.4 Å². The van der Waals surface area contributed by atoms with Crippen molar-refractivity contribution in [2.75, 3.05) is 4.72 Å². The standard InChI is InChI=1S/C13H8F3NO4S/c14-7-3-8(15)5-9(4-7)17-22(20,21)10-1-2-12(16)11(6-10)13(18)19/h1-6,17H,(H,18,19). The summed E-state index contributed by atoms with van der Waals surface area (Å²) in [5, 5.41) is 8.76. The number of hydrogen-bond acceptors (Lipinski definition) is 3. The molecule has 0 spiro atoms. The molecule has 0 fully saturated rings.